The molecule has 0 aromatic heterocycles. The molecule has 1 amide bonds. The predicted octanol–water partition coefficient (Wildman–Crippen LogP) is 0.638. The van der Waals surface area contributed by atoms with Crippen molar-refractivity contribution >= 4 is 17.6 Å². The van der Waals surface area contributed by atoms with E-state index in [9.17, 15) is 9.59 Å². The number of para-hydroxylation sites is 1. The first-order valence-electron chi connectivity index (χ1n) is 5.93. The number of nitrogens with one attached hydrogen (secondary N) is 1. The maximum atomic E-state index is 11.7. The fraction of sp³-hybridized carbons (Fsp3) is 0.385. The molecule has 0 saturated carbocycles. The third-order valence-electron chi connectivity index (χ3n) is 3.07. The smallest absolute Gasteiger partial charge is 0.325 e. The highest BCUT2D eigenvalue weighted by Gasteiger charge is 2.22. The lowest BCUT2D eigenvalue weighted by atomic mass is 10.2. The van der Waals surface area contributed by atoms with E-state index < -0.39 is 12.0 Å². The van der Waals surface area contributed by atoms with Gasteiger partial charge in [-0.2, -0.15) is 0 Å². The van der Waals surface area contributed by atoms with Gasteiger partial charge in [-0.15, -0.1) is 0 Å². The molecule has 1 heterocycles. The molecule has 5 heteroatoms. The van der Waals surface area contributed by atoms with Gasteiger partial charge in [0.15, 0.2) is 0 Å². The highest BCUT2D eigenvalue weighted by atomic mass is 16.4. The number of hydrogen-bond donors (Lipinski definition) is 2. The number of carbonyl (C=O) groups is 2. The second-order valence-corrected chi connectivity index (χ2v) is 4.43. The van der Waals surface area contributed by atoms with Crippen LogP contribution in [-0.4, -0.2) is 36.1 Å². The number of carboxylic acids is 1. The summed E-state index contributed by atoms with van der Waals surface area (Å²) in [6.45, 7) is 2.46. The molecule has 0 spiro atoms. The van der Waals surface area contributed by atoms with Gasteiger partial charge >= 0.3 is 5.97 Å². The average molecular weight is 248 g/mol. The van der Waals surface area contributed by atoms with Gasteiger partial charge < -0.3 is 15.3 Å². The number of carbonyl (C=O) groups excluding carboxylic acids is 1. The molecule has 0 saturated heterocycles. The van der Waals surface area contributed by atoms with Crippen LogP contribution < -0.4 is 10.2 Å². The summed E-state index contributed by atoms with van der Waals surface area (Å²) >= 11 is 0. The molecule has 18 heavy (non-hydrogen) atoms. The van der Waals surface area contributed by atoms with Crippen LogP contribution in [0, 0.1) is 0 Å². The molecule has 5 nitrogen and oxygen atoms in total. The van der Waals surface area contributed by atoms with E-state index in [1.165, 1.54) is 12.5 Å². The number of carboxylic acid groups (broad SMARTS) is 1. The fourth-order valence-corrected chi connectivity index (χ4v) is 2.09. The van der Waals surface area contributed by atoms with Gasteiger partial charge in [0.05, 0.1) is 6.54 Å². The van der Waals surface area contributed by atoms with Gasteiger partial charge in [0.1, 0.15) is 6.04 Å². The van der Waals surface area contributed by atoms with Crippen LogP contribution >= 0.6 is 0 Å². The van der Waals surface area contributed by atoms with Crippen LogP contribution in [0.1, 0.15) is 12.5 Å². The maximum Gasteiger partial charge on any atom is 0.325 e. The molecule has 2 N–H and O–H groups in total. The van der Waals surface area contributed by atoms with Crippen molar-refractivity contribution in [2.75, 3.05) is 18.0 Å². The molecule has 0 fully saturated rings. The van der Waals surface area contributed by atoms with Crippen molar-refractivity contribution in [2.45, 2.75) is 19.4 Å². The van der Waals surface area contributed by atoms with Gasteiger partial charge in [-0.25, -0.2) is 0 Å². The van der Waals surface area contributed by atoms with Crippen LogP contribution in [0.3, 0.4) is 0 Å². The molecule has 96 valence electrons. The molecule has 0 aliphatic carbocycles. The third-order valence-corrected chi connectivity index (χ3v) is 3.07. The van der Waals surface area contributed by atoms with Crippen molar-refractivity contribution in [3.05, 3.63) is 29.8 Å². The summed E-state index contributed by atoms with van der Waals surface area (Å²) in [5, 5.41) is 11.2. The summed E-state index contributed by atoms with van der Waals surface area (Å²) in [7, 11) is 0. The molecular formula is C13H16N2O3. The molecule has 1 aliphatic rings. The monoisotopic (exact) mass is 248 g/mol. The van der Waals surface area contributed by atoms with E-state index in [1.807, 2.05) is 29.2 Å². The summed E-state index contributed by atoms with van der Waals surface area (Å²) in [6.07, 6.45) is 0.929. The van der Waals surface area contributed by atoms with E-state index >= 15 is 0 Å². The zero-order valence-electron chi connectivity index (χ0n) is 10.2. The Bertz CT molecular complexity index is 473. The number of amides is 1. The molecular weight excluding hydrogens is 232 g/mol. The Balaban J connectivity index is 1.96. The maximum absolute atomic E-state index is 11.7. The van der Waals surface area contributed by atoms with Crippen LogP contribution in [0.25, 0.3) is 0 Å². The molecule has 0 bridgehead atoms. The quantitative estimate of drug-likeness (QED) is 0.820. The van der Waals surface area contributed by atoms with Crippen LogP contribution in [0.2, 0.25) is 0 Å². The van der Waals surface area contributed by atoms with Crippen molar-refractivity contribution in [3.8, 4) is 0 Å². The van der Waals surface area contributed by atoms with Crippen LogP contribution in [0.4, 0.5) is 5.69 Å². The first-order chi connectivity index (χ1) is 8.58. The van der Waals surface area contributed by atoms with E-state index in [1.54, 1.807) is 0 Å². The first kappa shape index (κ1) is 12.4. The number of anilines is 1. The number of hydrogen-bond acceptors (Lipinski definition) is 3. The summed E-state index contributed by atoms with van der Waals surface area (Å²) in [5.41, 5.74) is 2.30. The van der Waals surface area contributed by atoms with Gasteiger partial charge in [0.2, 0.25) is 5.91 Å². The largest absolute Gasteiger partial charge is 0.480 e. The van der Waals surface area contributed by atoms with Crippen LogP contribution in [0.5, 0.6) is 0 Å². The number of nitrogens with zero attached hydrogens (tertiary/aromatic N) is 1. The standard InChI is InChI=1S/C13H16N2O3/c1-9(13(17)18)14-12(16)8-15-7-6-10-4-2-3-5-11(10)15/h2-5,9H,6-8H2,1H3,(H,14,16)(H,17,18). The summed E-state index contributed by atoms with van der Waals surface area (Å²) in [6, 6.07) is 7.10. The highest BCUT2D eigenvalue weighted by molar-refractivity contribution is 5.86. The molecule has 1 atom stereocenters. The van der Waals surface area contributed by atoms with Crippen LogP contribution in [0.15, 0.2) is 24.3 Å². The molecule has 0 radical (unpaired) electrons. The van der Waals surface area contributed by atoms with E-state index in [-0.39, 0.29) is 12.5 Å². The van der Waals surface area contributed by atoms with Crippen molar-refractivity contribution < 1.29 is 14.7 Å². The number of benzene rings is 1. The Morgan fingerprint density at radius 1 is 1.44 bits per heavy atom. The lowest BCUT2D eigenvalue weighted by Gasteiger charge is -2.19. The summed E-state index contributed by atoms with van der Waals surface area (Å²) < 4.78 is 0. The average Bonchev–Trinajstić information content (AvgIpc) is 2.72. The van der Waals surface area contributed by atoms with E-state index in [0.29, 0.717) is 0 Å². The first-order valence-corrected chi connectivity index (χ1v) is 5.93. The molecule has 1 aliphatic heterocycles. The summed E-state index contributed by atoms with van der Waals surface area (Å²) in [5.74, 6) is -1.29. The normalized spacial score (nSPS) is 15.1. The lowest BCUT2D eigenvalue weighted by Crippen LogP contribution is -2.43. The third kappa shape index (κ3) is 2.61. The van der Waals surface area contributed by atoms with Gasteiger partial charge in [0.25, 0.3) is 0 Å². The summed E-state index contributed by atoms with van der Waals surface area (Å²) in [4.78, 5) is 24.3. The SMILES string of the molecule is CC(NC(=O)CN1CCc2ccccc21)C(=O)O. The van der Waals surface area contributed by atoms with Gasteiger partial charge in [-0.05, 0) is 25.0 Å². The molecule has 1 aromatic carbocycles. The minimum absolute atomic E-state index is 0.203. The Labute approximate surface area is 105 Å². The molecule has 1 unspecified atom stereocenters. The van der Waals surface area contributed by atoms with E-state index in [2.05, 4.69) is 5.32 Å². The second-order valence-electron chi connectivity index (χ2n) is 4.43. The van der Waals surface area contributed by atoms with Gasteiger partial charge in [-0.1, -0.05) is 18.2 Å². The Kier molecular flexibility index (Phi) is 3.50. The number of aliphatic carboxylic acids is 1. The minimum Gasteiger partial charge on any atom is -0.480 e. The van der Waals surface area contributed by atoms with Crippen LogP contribution in [-0.2, 0) is 16.0 Å². The second kappa shape index (κ2) is 5.08. The zero-order valence-corrected chi connectivity index (χ0v) is 10.2. The zero-order chi connectivity index (χ0) is 13.1. The molecule has 2 rings (SSSR count). The van der Waals surface area contributed by atoms with Crippen molar-refractivity contribution in [1.29, 1.82) is 0 Å². The fourth-order valence-electron chi connectivity index (χ4n) is 2.09. The minimum atomic E-state index is -1.02. The van der Waals surface area contributed by atoms with Crippen molar-refractivity contribution in [2.24, 2.45) is 0 Å². The van der Waals surface area contributed by atoms with Crippen molar-refractivity contribution in [3.63, 3.8) is 0 Å². The Hall–Kier alpha value is -2.04. The van der Waals surface area contributed by atoms with Gasteiger partial charge in [-0.3, -0.25) is 9.59 Å². The Morgan fingerprint density at radius 3 is 2.89 bits per heavy atom. The number of fused-ring (bicyclic) bond motifs is 1. The van der Waals surface area contributed by atoms with Gasteiger partial charge in [0, 0.05) is 12.2 Å². The highest BCUT2D eigenvalue weighted by Crippen LogP contribution is 2.26. The number of rotatable bonds is 4. The predicted molar refractivity (Wildman–Crippen MR) is 67.6 cm³/mol. The lowest BCUT2D eigenvalue weighted by molar-refractivity contribution is -0.141. The Morgan fingerprint density at radius 2 is 2.17 bits per heavy atom. The van der Waals surface area contributed by atoms with E-state index in [4.69, 9.17) is 5.11 Å². The van der Waals surface area contributed by atoms with Crippen molar-refractivity contribution in [1.82, 2.24) is 5.32 Å². The van der Waals surface area contributed by atoms with E-state index in [0.717, 1.165) is 18.7 Å². The molecule has 1 aromatic rings. The topological polar surface area (TPSA) is 69.6 Å².